The van der Waals surface area contributed by atoms with Crippen LogP contribution in [0.2, 0.25) is 0 Å². The molecule has 0 saturated carbocycles. The van der Waals surface area contributed by atoms with Crippen LogP contribution in [-0.2, 0) is 10.3 Å². The Hall–Kier alpha value is -1.69. The van der Waals surface area contributed by atoms with Crippen molar-refractivity contribution in [1.29, 1.82) is 0 Å². The molecule has 0 aromatic heterocycles. The molecule has 1 fully saturated rings. The molecule has 17 heavy (non-hydrogen) atoms. The number of hydrogen-bond acceptors (Lipinski definition) is 2. The molecule has 1 N–H and O–H groups in total. The lowest BCUT2D eigenvalue weighted by molar-refractivity contribution is -0.120. The molecule has 2 rings (SSSR count). The second kappa shape index (κ2) is 3.96. The number of likely N-dealkylation sites (tertiary alicyclic amines) is 1. The van der Waals surface area contributed by atoms with E-state index in [2.05, 4.69) is 0 Å². The van der Waals surface area contributed by atoms with Crippen LogP contribution in [0.5, 0.6) is 0 Å². The van der Waals surface area contributed by atoms with Crippen molar-refractivity contribution in [2.45, 2.75) is 5.60 Å². The number of nitrogens with zero attached hydrogens (tertiary/aromatic N) is 1. The third kappa shape index (κ3) is 1.74. The topological polar surface area (TPSA) is 49.8 Å². The smallest absolute Gasteiger partial charge is 0.407 e. The van der Waals surface area contributed by atoms with Crippen LogP contribution in [0.15, 0.2) is 18.2 Å². The van der Waals surface area contributed by atoms with Gasteiger partial charge in [-0.05, 0) is 6.07 Å². The van der Waals surface area contributed by atoms with Crippen molar-refractivity contribution in [3.8, 4) is 0 Å². The van der Waals surface area contributed by atoms with Gasteiger partial charge in [-0.25, -0.2) is 13.6 Å². The fourth-order valence-electron chi connectivity index (χ4n) is 1.97. The largest absolute Gasteiger partial charge is 0.465 e. The number of rotatable bonds is 2. The zero-order valence-corrected chi connectivity index (χ0v) is 9.11. The Morgan fingerprint density at radius 2 is 2.12 bits per heavy atom. The van der Waals surface area contributed by atoms with Crippen molar-refractivity contribution in [1.82, 2.24) is 4.90 Å². The van der Waals surface area contributed by atoms with Gasteiger partial charge in [-0.15, -0.1) is 0 Å². The predicted molar refractivity (Wildman–Crippen MR) is 54.6 cm³/mol. The molecule has 4 nitrogen and oxygen atoms in total. The summed E-state index contributed by atoms with van der Waals surface area (Å²) >= 11 is 0. The molecule has 0 unspecified atom stereocenters. The highest BCUT2D eigenvalue weighted by atomic mass is 19.2. The van der Waals surface area contributed by atoms with E-state index in [0.29, 0.717) is 0 Å². The van der Waals surface area contributed by atoms with Gasteiger partial charge in [-0.1, -0.05) is 12.1 Å². The summed E-state index contributed by atoms with van der Waals surface area (Å²) in [5, 5.41) is 8.73. The quantitative estimate of drug-likeness (QED) is 0.861. The average Bonchev–Trinajstić information content (AvgIpc) is 2.22. The Morgan fingerprint density at radius 3 is 2.65 bits per heavy atom. The Balaban J connectivity index is 2.32. The fraction of sp³-hybridized carbons (Fsp3) is 0.364. The minimum Gasteiger partial charge on any atom is -0.465 e. The zero-order chi connectivity index (χ0) is 12.6. The summed E-state index contributed by atoms with van der Waals surface area (Å²) in [4.78, 5) is 11.7. The van der Waals surface area contributed by atoms with Gasteiger partial charge in [0, 0.05) is 12.7 Å². The maximum atomic E-state index is 13.6. The summed E-state index contributed by atoms with van der Waals surface area (Å²) < 4.78 is 31.9. The summed E-state index contributed by atoms with van der Waals surface area (Å²) in [6, 6.07) is 3.79. The second-order valence-electron chi connectivity index (χ2n) is 3.94. The molecule has 1 heterocycles. The van der Waals surface area contributed by atoms with E-state index in [0.717, 1.165) is 11.0 Å². The van der Waals surface area contributed by atoms with Crippen LogP contribution in [0.4, 0.5) is 13.6 Å². The maximum Gasteiger partial charge on any atom is 0.407 e. The number of carboxylic acid groups (broad SMARTS) is 1. The van der Waals surface area contributed by atoms with Gasteiger partial charge in [-0.3, -0.25) is 0 Å². The van der Waals surface area contributed by atoms with Crippen molar-refractivity contribution in [3.63, 3.8) is 0 Å². The van der Waals surface area contributed by atoms with Gasteiger partial charge in [0.05, 0.1) is 13.1 Å². The highest BCUT2D eigenvalue weighted by Crippen LogP contribution is 2.37. The Morgan fingerprint density at radius 1 is 1.47 bits per heavy atom. The monoisotopic (exact) mass is 243 g/mol. The first-order valence-electron chi connectivity index (χ1n) is 4.98. The van der Waals surface area contributed by atoms with Crippen LogP contribution >= 0.6 is 0 Å². The van der Waals surface area contributed by atoms with Gasteiger partial charge in [0.15, 0.2) is 11.6 Å². The van der Waals surface area contributed by atoms with Crippen molar-refractivity contribution in [3.05, 3.63) is 35.4 Å². The van der Waals surface area contributed by atoms with Crippen LogP contribution in [0.25, 0.3) is 0 Å². The summed E-state index contributed by atoms with van der Waals surface area (Å²) in [6.45, 7) is -0.00157. The molecule has 0 radical (unpaired) electrons. The SMILES string of the molecule is COC1(c2cccc(F)c2F)CN(C(=O)O)C1. The van der Waals surface area contributed by atoms with Crippen LogP contribution in [0.1, 0.15) is 5.56 Å². The minimum atomic E-state index is -1.10. The lowest BCUT2D eigenvalue weighted by Crippen LogP contribution is -2.62. The van der Waals surface area contributed by atoms with Crippen LogP contribution < -0.4 is 0 Å². The van der Waals surface area contributed by atoms with E-state index in [1.54, 1.807) is 0 Å². The number of methoxy groups -OCH3 is 1. The zero-order valence-electron chi connectivity index (χ0n) is 9.11. The van der Waals surface area contributed by atoms with Crippen LogP contribution in [0, 0.1) is 11.6 Å². The van der Waals surface area contributed by atoms with Crippen molar-refractivity contribution in [2.75, 3.05) is 20.2 Å². The van der Waals surface area contributed by atoms with E-state index >= 15 is 0 Å². The van der Waals surface area contributed by atoms with E-state index in [4.69, 9.17) is 9.84 Å². The van der Waals surface area contributed by atoms with Gasteiger partial charge in [0.25, 0.3) is 0 Å². The first-order valence-corrected chi connectivity index (χ1v) is 4.98. The number of ether oxygens (including phenoxy) is 1. The maximum absolute atomic E-state index is 13.6. The van der Waals surface area contributed by atoms with Crippen LogP contribution in [-0.4, -0.2) is 36.3 Å². The first kappa shape index (κ1) is 11.8. The molecular weight excluding hydrogens is 232 g/mol. The van der Waals surface area contributed by atoms with Gasteiger partial charge >= 0.3 is 6.09 Å². The number of benzene rings is 1. The Kier molecular flexibility index (Phi) is 2.74. The van der Waals surface area contributed by atoms with Crippen molar-refractivity contribution < 1.29 is 23.4 Å². The molecule has 1 aliphatic heterocycles. The normalized spacial score (nSPS) is 17.7. The highest BCUT2D eigenvalue weighted by molar-refractivity contribution is 5.67. The standard InChI is InChI=1S/C11H11F2NO3/c1-17-11(5-14(6-11)10(15)16)7-3-2-4-8(12)9(7)13/h2-4H,5-6H2,1H3,(H,15,16). The number of hydrogen-bond donors (Lipinski definition) is 1. The molecule has 92 valence electrons. The molecule has 1 aliphatic rings. The fourth-order valence-corrected chi connectivity index (χ4v) is 1.97. The van der Waals surface area contributed by atoms with Gasteiger partial charge in [0.1, 0.15) is 5.60 Å². The molecule has 1 saturated heterocycles. The van der Waals surface area contributed by atoms with Gasteiger partial charge < -0.3 is 14.7 Å². The third-order valence-corrected chi connectivity index (χ3v) is 3.00. The number of halogens is 2. The number of carbonyl (C=O) groups is 1. The van der Waals surface area contributed by atoms with E-state index in [1.165, 1.54) is 19.2 Å². The third-order valence-electron chi connectivity index (χ3n) is 3.00. The van der Waals surface area contributed by atoms with Gasteiger partial charge in [-0.2, -0.15) is 0 Å². The molecule has 0 atom stereocenters. The summed E-state index contributed by atoms with van der Waals surface area (Å²) in [6.07, 6.45) is -1.10. The lowest BCUT2D eigenvalue weighted by atomic mass is 9.85. The molecule has 0 spiro atoms. The molecule has 1 aromatic carbocycles. The molecular formula is C11H11F2NO3. The van der Waals surface area contributed by atoms with Crippen LogP contribution in [0.3, 0.4) is 0 Å². The molecule has 6 heteroatoms. The summed E-state index contributed by atoms with van der Waals surface area (Å²) in [7, 11) is 1.35. The van der Waals surface area contributed by atoms with Crippen molar-refractivity contribution >= 4 is 6.09 Å². The summed E-state index contributed by atoms with van der Waals surface area (Å²) in [5.74, 6) is -1.95. The Bertz CT molecular complexity index is 458. The first-order chi connectivity index (χ1) is 8.00. The molecule has 0 bridgehead atoms. The molecule has 0 aliphatic carbocycles. The van der Waals surface area contributed by atoms with E-state index in [-0.39, 0.29) is 18.7 Å². The predicted octanol–water partition coefficient (Wildman–Crippen LogP) is 1.80. The average molecular weight is 243 g/mol. The highest BCUT2D eigenvalue weighted by Gasteiger charge is 2.49. The minimum absolute atomic E-state index is 0.000787. The lowest BCUT2D eigenvalue weighted by Gasteiger charge is -2.47. The number of amides is 1. The Labute approximate surface area is 96.4 Å². The second-order valence-corrected chi connectivity index (χ2v) is 3.94. The summed E-state index contributed by atoms with van der Waals surface area (Å²) in [5.41, 5.74) is -1.03. The van der Waals surface area contributed by atoms with Crippen molar-refractivity contribution in [2.24, 2.45) is 0 Å². The van der Waals surface area contributed by atoms with E-state index < -0.39 is 23.3 Å². The van der Waals surface area contributed by atoms with E-state index in [9.17, 15) is 13.6 Å². The van der Waals surface area contributed by atoms with E-state index in [1.807, 2.05) is 0 Å². The van der Waals surface area contributed by atoms with Gasteiger partial charge in [0.2, 0.25) is 0 Å². The molecule has 1 aromatic rings. The molecule has 1 amide bonds.